The SMILES string of the molecule is COc1cc(/C=N/NC2=[N+]=C3C(C(=O)N(C)C(=O)N3C)N2Cc2ccccc2)ccc1O. The zero-order valence-electron chi connectivity index (χ0n) is 17.9. The van der Waals surface area contributed by atoms with E-state index in [1.54, 1.807) is 30.3 Å². The van der Waals surface area contributed by atoms with Crippen molar-refractivity contribution in [2.24, 2.45) is 5.10 Å². The van der Waals surface area contributed by atoms with Crippen molar-refractivity contribution in [3.05, 3.63) is 59.7 Å². The molecule has 1 saturated heterocycles. The Morgan fingerprint density at radius 2 is 1.91 bits per heavy atom. The van der Waals surface area contributed by atoms with Crippen LogP contribution >= 0.6 is 0 Å². The van der Waals surface area contributed by atoms with Crippen molar-refractivity contribution in [2.75, 3.05) is 21.2 Å². The number of benzene rings is 2. The predicted octanol–water partition coefficient (Wildman–Crippen LogP) is 0.554. The fourth-order valence-electron chi connectivity index (χ4n) is 3.57. The van der Waals surface area contributed by atoms with Gasteiger partial charge in [0.1, 0.15) is 0 Å². The van der Waals surface area contributed by atoms with E-state index in [0.29, 0.717) is 29.7 Å². The fraction of sp³-hybridized carbons (Fsp3) is 0.227. The summed E-state index contributed by atoms with van der Waals surface area (Å²) in [7, 11) is 4.51. The Bertz CT molecular complexity index is 1160. The Morgan fingerprint density at radius 1 is 1.16 bits per heavy atom. The molecule has 2 aliphatic rings. The van der Waals surface area contributed by atoms with Gasteiger partial charge in [0.25, 0.3) is 5.91 Å². The standard InChI is InChI=1S/C22H22N6O4/c1-26-19-18(20(30)27(2)22(26)31)28(13-14-7-5-4-6-8-14)21(24-19)25-23-12-15-9-10-16(29)17(11-15)32-3/h4-12,18H,13H2,1-3H3,(H,23,29)/p+1. The number of guanidine groups is 1. The largest absolute Gasteiger partial charge is 0.504 e. The van der Waals surface area contributed by atoms with Crippen LogP contribution in [0.5, 0.6) is 11.5 Å². The lowest BCUT2D eigenvalue weighted by atomic mass is 10.1. The minimum atomic E-state index is -0.741. The number of amidine groups is 1. The number of fused-ring (bicyclic) bond motifs is 1. The molecule has 1 atom stereocenters. The molecule has 0 saturated carbocycles. The van der Waals surface area contributed by atoms with Crippen LogP contribution in [0.25, 0.3) is 0 Å². The number of nitrogens with zero attached hydrogens (tertiary/aromatic N) is 5. The van der Waals surface area contributed by atoms with Crippen molar-refractivity contribution < 1.29 is 19.4 Å². The fourth-order valence-corrected chi connectivity index (χ4v) is 3.57. The number of hydrogen-bond acceptors (Lipinski definition) is 7. The minimum Gasteiger partial charge on any atom is -0.504 e. The number of carbonyl (C=O) groups excluding carboxylic acids is 2. The Balaban J connectivity index is 1.63. The highest BCUT2D eigenvalue weighted by Gasteiger charge is 2.54. The van der Waals surface area contributed by atoms with E-state index in [2.05, 4.69) is 15.2 Å². The van der Waals surface area contributed by atoms with Gasteiger partial charge in [0.2, 0.25) is 6.04 Å². The van der Waals surface area contributed by atoms with E-state index < -0.39 is 12.1 Å². The summed E-state index contributed by atoms with van der Waals surface area (Å²) in [5, 5.41) is 14.0. The highest BCUT2D eigenvalue weighted by Crippen LogP contribution is 2.25. The van der Waals surface area contributed by atoms with E-state index in [1.807, 2.05) is 30.3 Å². The third kappa shape index (κ3) is 3.75. The number of ether oxygens (including phenoxy) is 1. The summed E-state index contributed by atoms with van der Waals surface area (Å²) in [6.07, 6.45) is 1.54. The molecule has 2 aromatic carbocycles. The van der Waals surface area contributed by atoms with Crippen molar-refractivity contribution in [2.45, 2.75) is 12.6 Å². The molecule has 1 fully saturated rings. The normalized spacial score (nSPS) is 18.1. The van der Waals surface area contributed by atoms with Crippen molar-refractivity contribution in [1.29, 1.82) is 0 Å². The molecule has 2 aromatic rings. The number of hydrogen-bond donors (Lipinski definition) is 2. The van der Waals surface area contributed by atoms with Gasteiger partial charge in [-0.05, 0) is 29.3 Å². The molecule has 0 spiro atoms. The van der Waals surface area contributed by atoms with E-state index in [0.717, 1.165) is 10.5 Å². The molecule has 0 aromatic heterocycles. The van der Waals surface area contributed by atoms with Crippen LogP contribution in [0, 0.1) is 0 Å². The first kappa shape index (κ1) is 21.0. The van der Waals surface area contributed by atoms with E-state index in [9.17, 15) is 14.7 Å². The summed E-state index contributed by atoms with van der Waals surface area (Å²) in [6, 6.07) is 13.3. The third-order valence-corrected chi connectivity index (χ3v) is 5.31. The Kier molecular flexibility index (Phi) is 5.53. The second-order valence-electron chi connectivity index (χ2n) is 7.35. The lowest BCUT2D eigenvalue weighted by Gasteiger charge is -2.31. The van der Waals surface area contributed by atoms with Gasteiger partial charge in [-0.15, -0.1) is 5.10 Å². The number of amides is 3. The van der Waals surface area contributed by atoms with E-state index in [1.165, 1.54) is 25.1 Å². The number of carbonyl (C=O) groups is 2. The monoisotopic (exact) mass is 435 g/mol. The maximum Gasteiger partial charge on any atom is 0.421 e. The van der Waals surface area contributed by atoms with Crippen molar-refractivity contribution in [3.63, 3.8) is 0 Å². The van der Waals surface area contributed by atoms with Gasteiger partial charge in [-0.3, -0.25) is 9.69 Å². The second-order valence-corrected chi connectivity index (χ2v) is 7.35. The van der Waals surface area contributed by atoms with Crippen LogP contribution < -0.4 is 14.8 Å². The number of imide groups is 1. The number of likely N-dealkylation sites (N-methyl/N-ethyl adjacent to an activating group) is 2. The van der Waals surface area contributed by atoms with Gasteiger partial charge in [0, 0.05) is 7.05 Å². The zero-order chi connectivity index (χ0) is 22.8. The summed E-state index contributed by atoms with van der Waals surface area (Å²) < 4.78 is 9.62. The van der Waals surface area contributed by atoms with E-state index in [-0.39, 0.29) is 11.7 Å². The molecular formula is C22H23N6O4+. The van der Waals surface area contributed by atoms with Crippen LogP contribution in [0.1, 0.15) is 11.1 Å². The number of hydrazone groups is 1. The number of rotatable bonds is 5. The Morgan fingerprint density at radius 3 is 2.62 bits per heavy atom. The number of urea groups is 1. The molecule has 4 rings (SSSR count). The lowest BCUT2D eigenvalue weighted by Crippen LogP contribution is -2.63. The predicted molar refractivity (Wildman–Crippen MR) is 119 cm³/mol. The molecule has 164 valence electrons. The quantitative estimate of drug-likeness (QED) is 0.403. The van der Waals surface area contributed by atoms with Gasteiger partial charge < -0.3 is 9.84 Å². The molecule has 0 radical (unpaired) electrons. The molecule has 2 N–H and O–H groups in total. The summed E-state index contributed by atoms with van der Waals surface area (Å²) >= 11 is 0. The number of nitrogens with one attached hydrogen (secondary N) is 1. The maximum atomic E-state index is 12.9. The molecule has 10 heteroatoms. The average Bonchev–Trinajstić information content (AvgIpc) is 3.16. The van der Waals surface area contributed by atoms with Crippen molar-refractivity contribution in [1.82, 2.24) is 24.8 Å². The molecule has 2 heterocycles. The highest BCUT2D eigenvalue weighted by atomic mass is 16.5. The summed E-state index contributed by atoms with van der Waals surface area (Å²) in [6.45, 7) is 0.394. The smallest absolute Gasteiger partial charge is 0.421 e. The van der Waals surface area contributed by atoms with Gasteiger partial charge in [-0.1, -0.05) is 30.3 Å². The number of methoxy groups -OCH3 is 1. The molecule has 0 bridgehead atoms. The third-order valence-electron chi connectivity index (χ3n) is 5.31. The summed E-state index contributed by atoms with van der Waals surface area (Å²) in [5.41, 5.74) is 4.56. The Labute approximate surface area is 184 Å². The van der Waals surface area contributed by atoms with Crippen molar-refractivity contribution >= 4 is 29.9 Å². The molecule has 3 amide bonds. The molecule has 32 heavy (non-hydrogen) atoms. The second kappa shape index (κ2) is 8.44. The van der Waals surface area contributed by atoms with Crippen LogP contribution in [-0.4, -0.2) is 77.0 Å². The van der Waals surface area contributed by atoms with E-state index in [4.69, 9.17) is 4.74 Å². The first-order valence-corrected chi connectivity index (χ1v) is 9.88. The first-order chi connectivity index (χ1) is 15.4. The molecular weight excluding hydrogens is 412 g/mol. The number of phenolic OH excluding ortho intramolecular Hbond substituents is 1. The van der Waals surface area contributed by atoms with Gasteiger partial charge >= 0.3 is 17.8 Å². The van der Waals surface area contributed by atoms with Crippen molar-refractivity contribution in [3.8, 4) is 11.5 Å². The lowest BCUT2D eigenvalue weighted by molar-refractivity contribution is -0.130. The minimum absolute atomic E-state index is 0.0302. The topological polar surface area (TPSA) is 112 Å². The molecule has 1 unspecified atom stereocenters. The highest BCUT2D eigenvalue weighted by molar-refractivity contribution is 6.23. The van der Waals surface area contributed by atoms with Crippen LogP contribution in [0.4, 0.5) is 4.79 Å². The maximum absolute atomic E-state index is 12.9. The van der Waals surface area contributed by atoms with Gasteiger partial charge in [0.15, 0.2) is 11.5 Å². The van der Waals surface area contributed by atoms with Crippen LogP contribution in [-0.2, 0) is 11.3 Å². The van der Waals surface area contributed by atoms with E-state index >= 15 is 0 Å². The Hall–Kier alpha value is -4.30. The zero-order valence-corrected chi connectivity index (χ0v) is 17.9. The first-order valence-electron chi connectivity index (χ1n) is 9.88. The molecule has 10 nitrogen and oxygen atoms in total. The summed E-state index contributed by atoms with van der Waals surface area (Å²) in [4.78, 5) is 29.6. The average molecular weight is 435 g/mol. The number of phenols is 1. The van der Waals surface area contributed by atoms with Gasteiger partial charge in [0.05, 0.1) is 26.9 Å². The van der Waals surface area contributed by atoms with Crippen LogP contribution in [0.15, 0.2) is 53.6 Å². The number of aromatic hydroxyl groups is 1. The molecule has 2 aliphatic heterocycles. The molecule has 0 aliphatic carbocycles. The summed E-state index contributed by atoms with van der Waals surface area (Å²) in [5.74, 6) is 0.694. The van der Waals surface area contributed by atoms with Crippen LogP contribution in [0.3, 0.4) is 0 Å². The van der Waals surface area contributed by atoms with Crippen LogP contribution in [0.2, 0.25) is 0 Å². The van der Waals surface area contributed by atoms with Gasteiger partial charge in [-0.2, -0.15) is 5.43 Å². The van der Waals surface area contributed by atoms with Gasteiger partial charge in [-0.25, -0.2) is 19.3 Å².